The standard InChI is InChI=1S/C16H15N3O7/c1-19(2)16(25)26-8-6-4-3-5-7(8)9-10(14(21)22)12(17)18-13(20)11(9)15(23)24/h3-6H,1-2H3,(H,21,22)(H,23,24)(H3,17,18,20). The molecule has 1 heterocycles. The van der Waals surface area contributed by atoms with Crippen molar-refractivity contribution in [3.8, 4) is 16.9 Å². The molecule has 0 unspecified atom stereocenters. The summed E-state index contributed by atoms with van der Waals surface area (Å²) < 4.78 is 5.16. The number of carbonyl (C=O) groups is 3. The van der Waals surface area contributed by atoms with E-state index >= 15 is 0 Å². The molecular weight excluding hydrogens is 346 g/mol. The first-order chi connectivity index (χ1) is 12.1. The number of nitrogens with one attached hydrogen (secondary N) is 1. The van der Waals surface area contributed by atoms with Crippen LogP contribution in [0.3, 0.4) is 0 Å². The molecule has 0 radical (unpaired) electrons. The molecule has 5 N–H and O–H groups in total. The van der Waals surface area contributed by atoms with Gasteiger partial charge in [-0.1, -0.05) is 18.2 Å². The van der Waals surface area contributed by atoms with Crippen molar-refractivity contribution < 1.29 is 29.3 Å². The Balaban J connectivity index is 2.88. The number of anilines is 1. The molecule has 2 rings (SSSR count). The fraction of sp³-hybridized carbons (Fsp3) is 0.125. The van der Waals surface area contributed by atoms with Crippen molar-refractivity contribution in [1.82, 2.24) is 9.88 Å². The second kappa shape index (κ2) is 6.97. The van der Waals surface area contributed by atoms with E-state index in [0.29, 0.717) is 0 Å². The summed E-state index contributed by atoms with van der Waals surface area (Å²) in [6.07, 6.45) is -0.774. The highest BCUT2D eigenvalue weighted by atomic mass is 16.6. The topological polar surface area (TPSA) is 163 Å². The van der Waals surface area contributed by atoms with Crippen LogP contribution in [0, 0.1) is 0 Å². The number of H-pyrrole nitrogens is 1. The third kappa shape index (κ3) is 3.34. The number of carboxylic acids is 2. The average Bonchev–Trinajstić information content (AvgIpc) is 2.53. The molecule has 136 valence electrons. The maximum absolute atomic E-state index is 12.1. The predicted molar refractivity (Wildman–Crippen MR) is 90.5 cm³/mol. The number of hydrogen-bond donors (Lipinski definition) is 4. The van der Waals surface area contributed by atoms with Crippen molar-refractivity contribution in [3.05, 3.63) is 45.7 Å². The molecular formula is C16H15N3O7. The molecule has 0 fully saturated rings. The van der Waals surface area contributed by atoms with Crippen molar-refractivity contribution in [2.75, 3.05) is 19.8 Å². The van der Waals surface area contributed by atoms with Crippen molar-refractivity contribution in [2.45, 2.75) is 0 Å². The zero-order valence-corrected chi connectivity index (χ0v) is 13.8. The van der Waals surface area contributed by atoms with Gasteiger partial charge in [0, 0.05) is 25.2 Å². The minimum absolute atomic E-state index is 0.0738. The highest BCUT2D eigenvalue weighted by Gasteiger charge is 2.28. The number of aromatic nitrogens is 1. The number of ether oxygens (including phenoxy) is 1. The van der Waals surface area contributed by atoms with Gasteiger partial charge in [0.15, 0.2) is 0 Å². The molecule has 10 heteroatoms. The van der Waals surface area contributed by atoms with Gasteiger partial charge in [0.2, 0.25) is 0 Å². The molecule has 10 nitrogen and oxygen atoms in total. The first-order valence-electron chi connectivity index (χ1n) is 7.16. The number of carbonyl (C=O) groups excluding carboxylic acids is 1. The Kier molecular flexibility index (Phi) is 4.96. The molecule has 0 atom stereocenters. The third-order valence-electron chi connectivity index (χ3n) is 3.39. The van der Waals surface area contributed by atoms with E-state index in [1.165, 1.54) is 38.4 Å². The fourth-order valence-electron chi connectivity index (χ4n) is 2.26. The first-order valence-corrected chi connectivity index (χ1v) is 7.16. The van der Waals surface area contributed by atoms with E-state index in [4.69, 9.17) is 10.5 Å². The summed E-state index contributed by atoms with van der Waals surface area (Å²) in [5.41, 5.74) is 2.54. The molecule has 0 saturated carbocycles. The molecule has 1 aromatic heterocycles. The molecule has 1 aromatic carbocycles. The summed E-state index contributed by atoms with van der Waals surface area (Å²) >= 11 is 0. The summed E-state index contributed by atoms with van der Waals surface area (Å²) in [5.74, 6) is -3.85. The van der Waals surface area contributed by atoms with E-state index in [1.54, 1.807) is 0 Å². The van der Waals surface area contributed by atoms with E-state index in [9.17, 15) is 29.4 Å². The number of nitrogens with two attached hydrogens (primary N) is 1. The summed E-state index contributed by atoms with van der Waals surface area (Å²) in [4.78, 5) is 50.2. The Morgan fingerprint density at radius 3 is 2.19 bits per heavy atom. The van der Waals surface area contributed by atoms with Crippen LogP contribution in [0.15, 0.2) is 29.1 Å². The van der Waals surface area contributed by atoms with Crippen LogP contribution in [0.1, 0.15) is 20.7 Å². The Labute approximate surface area is 146 Å². The van der Waals surface area contributed by atoms with Crippen molar-refractivity contribution in [3.63, 3.8) is 0 Å². The normalized spacial score (nSPS) is 10.2. The number of nitrogen functional groups attached to an aromatic ring is 1. The Morgan fingerprint density at radius 1 is 1.08 bits per heavy atom. The van der Waals surface area contributed by atoms with Gasteiger partial charge in [0.1, 0.15) is 22.7 Å². The van der Waals surface area contributed by atoms with E-state index < -0.39 is 46.1 Å². The van der Waals surface area contributed by atoms with Crippen LogP contribution >= 0.6 is 0 Å². The van der Waals surface area contributed by atoms with Gasteiger partial charge in [-0.05, 0) is 6.07 Å². The minimum Gasteiger partial charge on any atom is -0.478 e. The van der Waals surface area contributed by atoms with Crippen molar-refractivity contribution in [2.24, 2.45) is 0 Å². The number of pyridine rings is 1. The number of nitrogens with zero attached hydrogens (tertiary/aromatic N) is 1. The van der Waals surface area contributed by atoms with Gasteiger partial charge in [-0.3, -0.25) is 4.79 Å². The quantitative estimate of drug-likeness (QED) is 0.628. The molecule has 0 spiro atoms. The number of benzene rings is 1. The minimum atomic E-state index is -1.66. The Morgan fingerprint density at radius 2 is 1.65 bits per heavy atom. The fourth-order valence-corrected chi connectivity index (χ4v) is 2.26. The maximum atomic E-state index is 12.1. The van der Waals surface area contributed by atoms with Crippen LogP contribution in [0.25, 0.3) is 11.1 Å². The highest BCUT2D eigenvalue weighted by molar-refractivity contribution is 6.08. The number of hydrogen-bond acceptors (Lipinski definition) is 6. The van der Waals surface area contributed by atoms with Crippen LogP contribution in [-0.2, 0) is 0 Å². The van der Waals surface area contributed by atoms with Crippen LogP contribution in [-0.4, -0.2) is 52.2 Å². The monoisotopic (exact) mass is 361 g/mol. The van der Waals surface area contributed by atoms with Gasteiger partial charge >= 0.3 is 18.0 Å². The maximum Gasteiger partial charge on any atom is 0.414 e. The number of carboxylic acid groups (broad SMARTS) is 2. The highest BCUT2D eigenvalue weighted by Crippen LogP contribution is 2.35. The Hall–Kier alpha value is -3.82. The number of amides is 1. The second-order valence-electron chi connectivity index (χ2n) is 5.36. The molecule has 0 bridgehead atoms. The predicted octanol–water partition coefficient (Wildman–Crippen LogP) is 1.08. The summed E-state index contributed by atoms with van der Waals surface area (Å²) in [6, 6.07) is 5.63. The van der Waals surface area contributed by atoms with Crippen LogP contribution in [0.5, 0.6) is 5.75 Å². The number of aromatic carboxylic acids is 2. The van der Waals surface area contributed by atoms with E-state index in [1.807, 2.05) is 4.98 Å². The lowest BCUT2D eigenvalue weighted by Crippen LogP contribution is -2.26. The molecule has 1 amide bonds. The van der Waals surface area contributed by atoms with E-state index in [2.05, 4.69) is 0 Å². The number of para-hydroxylation sites is 1. The number of aromatic amines is 1. The average molecular weight is 361 g/mol. The number of rotatable bonds is 4. The lowest BCUT2D eigenvalue weighted by atomic mass is 9.95. The van der Waals surface area contributed by atoms with Gasteiger partial charge < -0.3 is 30.6 Å². The lowest BCUT2D eigenvalue weighted by Gasteiger charge is -2.16. The summed E-state index contributed by atoms with van der Waals surface area (Å²) in [6.45, 7) is 0. The summed E-state index contributed by atoms with van der Waals surface area (Å²) in [5, 5.41) is 18.9. The summed E-state index contributed by atoms with van der Waals surface area (Å²) in [7, 11) is 2.86. The smallest absolute Gasteiger partial charge is 0.414 e. The second-order valence-corrected chi connectivity index (χ2v) is 5.36. The Bertz CT molecular complexity index is 963. The molecule has 26 heavy (non-hydrogen) atoms. The zero-order chi connectivity index (χ0) is 19.6. The SMILES string of the molecule is CN(C)C(=O)Oc1ccccc1-c1c(C(=O)O)c(N)[nH]c(=O)c1C(=O)O. The van der Waals surface area contributed by atoms with Gasteiger partial charge in [0.05, 0.1) is 0 Å². The molecule has 2 aromatic rings. The largest absolute Gasteiger partial charge is 0.478 e. The molecule has 0 aliphatic carbocycles. The van der Waals surface area contributed by atoms with Crippen LogP contribution < -0.4 is 16.0 Å². The van der Waals surface area contributed by atoms with Crippen LogP contribution in [0.4, 0.5) is 10.6 Å². The van der Waals surface area contributed by atoms with Gasteiger partial charge in [-0.15, -0.1) is 0 Å². The van der Waals surface area contributed by atoms with Gasteiger partial charge in [-0.2, -0.15) is 0 Å². The molecule has 0 aliphatic rings. The van der Waals surface area contributed by atoms with Crippen molar-refractivity contribution in [1.29, 1.82) is 0 Å². The lowest BCUT2D eigenvalue weighted by molar-refractivity contribution is 0.0695. The van der Waals surface area contributed by atoms with Gasteiger partial charge in [-0.25, -0.2) is 14.4 Å². The zero-order valence-electron chi connectivity index (χ0n) is 13.8. The van der Waals surface area contributed by atoms with E-state index in [0.717, 1.165) is 4.90 Å². The molecule has 0 saturated heterocycles. The third-order valence-corrected chi connectivity index (χ3v) is 3.39. The van der Waals surface area contributed by atoms with Crippen LogP contribution in [0.2, 0.25) is 0 Å². The first kappa shape index (κ1) is 18.5. The molecule has 0 aliphatic heterocycles. The van der Waals surface area contributed by atoms with Gasteiger partial charge in [0.25, 0.3) is 5.56 Å². The van der Waals surface area contributed by atoms with Crippen molar-refractivity contribution >= 4 is 23.8 Å². The van der Waals surface area contributed by atoms with E-state index in [-0.39, 0.29) is 11.3 Å².